The maximum absolute atomic E-state index is 13.7. The van der Waals surface area contributed by atoms with Gasteiger partial charge in [0.15, 0.2) is 16.7 Å². The van der Waals surface area contributed by atoms with E-state index in [1.54, 1.807) is 6.07 Å². The predicted octanol–water partition coefficient (Wildman–Crippen LogP) is 3.69. The molecular formula is C14H11FN2OS. The summed E-state index contributed by atoms with van der Waals surface area (Å²) < 4.78 is 19.6. The van der Waals surface area contributed by atoms with Crippen LogP contribution in [0.2, 0.25) is 0 Å². The third-order valence-corrected chi connectivity index (χ3v) is 3.74. The lowest BCUT2D eigenvalue weighted by atomic mass is 10.1. The number of rotatable bonds is 2. The molecule has 3 rings (SSSR count). The Balaban J connectivity index is 2.10. The van der Waals surface area contributed by atoms with Crippen molar-refractivity contribution in [3.63, 3.8) is 0 Å². The Bertz CT molecular complexity index is 754. The van der Waals surface area contributed by atoms with Crippen molar-refractivity contribution >= 4 is 26.7 Å². The molecule has 0 spiro atoms. The smallest absolute Gasteiger partial charge is 0.181 e. The van der Waals surface area contributed by atoms with Crippen molar-refractivity contribution in [2.75, 3.05) is 12.8 Å². The normalized spacial score (nSPS) is 10.8. The lowest BCUT2D eigenvalue weighted by Crippen LogP contribution is -1.88. The van der Waals surface area contributed by atoms with Gasteiger partial charge in [0.05, 0.1) is 17.3 Å². The van der Waals surface area contributed by atoms with Gasteiger partial charge in [-0.1, -0.05) is 23.5 Å². The molecule has 0 radical (unpaired) electrons. The van der Waals surface area contributed by atoms with E-state index in [1.807, 2.05) is 24.3 Å². The number of aromatic nitrogens is 1. The first kappa shape index (κ1) is 11.9. The molecule has 0 bridgehead atoms. The Morgan fingerprint density at radius 2 is 1.89 bits per heavy atom. The van der Waals surface area contributed by atoms with E-state index in [1.165, 1.54) is 24.5 Å². The van der Waals surface area contributed by atoms with E-state index in [2.05, 4.69) is 4.98 Å². The molecule has 0 aliphatic carbocycles. The second-order valence-electron chi connectivity index (χ2n) is 4.08. The van der Waals surface area contributed by atoms with Gasteiger partial charge in [-0.3, -0.25) is 0 Å². The molecule has 0 unspecified atom stereocenters. The van der Waals surface area contributed by atoms with Crippen LogP contribution in [-0.4, -0.2) is 12.1 Å². The Kier molecular flexibility index (Phi) is 2.83. The highest BCUT2D eigenvalue weighted by molar-refractivity contribution is 7.22. The number of benzene rings is 2. The largest absolute Gasteiger partial charge is 0.494 e. The van der Waals surface area contributed by atoms with Crippen molar-refractivity contribution in [3.05, 3.63) is 42.2 Å². The van der Waals surface area contributed by atoms with Gasteiger partial charge in [0.25, 0.3) is 0 Å². The van der Waals surface area contributed by atoms with Crippen LogP contribution in [0, 0.1) is 5.82 Å². The molecule has 0 saturated heterocycles. The SMILES string of the molecule is COc1ccc(-c2ccc3nc(N)sc3c2)cc1F. The number of thiazole rings is 1. The first-order chi connectivity index (χ1) is 9.17. The van der Waals surface area contributed by atoms with Gasteiger partial charge in [-0.05, 0) is 35.4 Å². The van der Waals surface area contributed by atoms with E-state index in [0.29, 0.717) is 5.13 Å². The molecule has 0 fully saturated rings. The zero-order valence-corrected chi connectivity index (χ0v) is 11.0. The molecule has 0 aliphatic rings. The fourth-order valence-corrected chi connectivity index (χ4v) is 2.74. The molecule has 2 N–H and O–H groups in total. The van der Waals surface area contributed by atoms with Gasteiger partial charge in [0.1, 0.15) is 0 Å². The number of ether oxygens (including phenoxy) is 1. The van der Waals surface area contributed by atoms with Gasteiger partial charge < -0.3 is 10.5 Å². The first-order valence-electron chi connectivity index (χ1n) is 5.67. The number of fused-ring (bicyclic) bond motifs is 1. The van der Waals surface area contributed by atoms with E-state index in [0.717, 1.165) is 21.3 Å². The summed E-state index contributed by atoms with van der Waals surface area (Å²) in [5.74, 6) is -0.129. The van der Waals surface area contributed by atoms with Gasteiger partial charge in [-0.15, -0.1) is 0 Å². The Hall–Kier alpha value is -2.14. The van der Waals surface area contributed by atoms with Crippen LogP contribution < -0.4 is 10.5 Å². The predicted molar refractivity (Wildman–Crippen MR) is 76.0 cm³/mol. The number of nitrogens with zero attached hydrogens (tertiary/aromatic N) is 1. The summed E-state index contributed by atoms with van der Waals surface area (Å²) in [6, 6.07) is 10.7. The highest BCUT2D eigenvalue weighted by Crippen LogP contribution is 2.30. The number of hydrogen-bond donors (Lipinski definition) is 1. The van der Waals surface area contributed by atoms with Crippen LogP contribution >= 0.6 is 11.3 Å². The quantitative estimate of drug-likeness (QED) is 0.775. The molecule has 2 aromatic carbocycles. The molecule has 0 amide bonds. The molecule has 5 heteroatoms. The van der Waals surface area contributed by atoms with Crippen LogP contribution in [0.25, 0.3) is 21.3 Å². The maximum Gasteiger partial charge on any atom is 0.181 e. The zero-order chi connectivity index (χ0) is 13.4. The lowest BCUT2D eigenvalue weighted by molar-refractivity contribution is 0.386. The van der Waals surface area contributed by atoms with Crippen molar-refractivity contribution in [3.8, 4) is 16.9 Å². The highest BCUT2D eigenvalue weighted by Gasteiger charge is 2.07. The molecule has 0 saturated carbocycles. The fraction of sp³-hybridized carbons (Fsp3) is 0.0714. The number of nitrogen functional groups attached to an aromatic ring is 1. The maximum atomic E-state index is 13.7. The van der Waals surface area contributed by atoms with Crippen molar-refractivity contribution in [2.24, 2.45) is 0 Å². The summed E-state index contributed by atoms with van der Waals surface area (Å²) >= 11 is 1.42. The minimum absolute atomic E-state index is 0.242. The molecule has 3 nitrogen and oxygen atoms in total. The molecule has 1 heterocycles. The van der Waals surface area contributed by atoms with Crippen molar-refractivity contribution in [1.29, 1.82) is 0 Å². The Morgan fingerprint density at radius 3 is 2.63 bits per heavy atom. The average molecular weight is 274 g/mol. The van der Waals surface area contributed by atoms with E-state index >= 15 is 0 Å². The lowest BCUT2D eigenvalue weighted by Gasteiger charge is -2.05. The minimum atomic E-state index is -0.371. The van der Waals surface area contributed by atoms with Crippen LogP contribution in [0.3, 0.4) is 0 Å². The average Bonchev–Trinajstić information content (AvgIpc) is 2.77. The van der Waals surface area contributed by atoms with E-state index in [-0.39, 0.29) is 11.6 Å². The van der Waals surface area contributed by atoms with Gasteiger partial charge in [0, 0.05) is 0 Å². The van der Waals surface area contributed by atoms with Crippen LogP contribution in [-0.2, 0) is 0 Å². The van der Waals surface area contributed by atoms with Crippen LogP contribution in [0.1, 0.15) is 0 Å². The highest BCUT2D eigenvalue weighted by atomic mass is 32.1. The number of hydrogen-bond acceptors (Lipinski definition) is 4. The summed E-state index contributed by atoms with van der Waals surface area (Å²) in [5, 5.41) is 0.535. The van der Waals surface area contributed by atoms with E-state index < -0.39 is 0 Å². The third-order valence-electron chi connectivity index (χ3n) is 2.89. The molecular weight excluding hydrogens is 263 g/mol. The zero-order valence-electron chi connectivity index (χ0n) is 10.2. The van der Waals surface area contributed by atoms with Gasteiger partial charge in [-0.25, -0.2) is 9.37 Å². The summed E-state index contributed by atoms with van der Waals surface area (Å²) in [6.45, 7) is 0. The Morgan fingerprint density at radius 1 is 1.16 bits per heavy atom. The second-order valence-corrected chi connectivity index (χ2v) is 5.15. The van der Waals surface area contributed by atoms with Gasteiger partial charge in [-0.2, -0.15) is 0 Å². The van der Waals surface area contributed by atoms with E-state index in [9.17, 15) is 4.39 Å². The summed E-state index contributed by atoms with van der Waals surface area (Å²) in [5.41, 5.74) is 8.26. The van der Waals surface area contributed by atoms with Crippen LogP contribution in [0.4, 0.5) is 9.52 Å². The monoisotopic (exact) mass is 274 g/mol. The third kappa shape index (κ3) is 2.13. The Labute approximate surface area is 113 Å². The minimum Gasteiger partial charge on any atom is -0.494 e. The fourth-order valence-electron chi connectivity index (χ4n) is 1.97. The molecule has 19 heavy (non-hydrogen) atoms. The second kappa shape index (κ2) is 4.51. The van der Waals surface area contributed by atoms with Crippen molar-refractivity contribution < 1.29 is 9.13 Å². The molecule has 1 aromatic heterocycles. The van der Waals surface area contributed by atoms with Crippen LogP contribution in [0.5, 0.6) is 5.75 Å². The summed E-state index contributed by atoms with van der Waals surface area (Å²) in [4.78, 5) is 4.20. The van der Waals surface area contributed by atoms with Gasteiger partial charge in [0.2, 0.25) is 0 Å². The molecule has 0 atom stereocenters. The molecule has 96 valence electrons. The number of halogens is 1. The summed E-state index contributed by atoms with van der Waals surface area (Å²) in [7, 11) is 1.45. The number of methoxy groups -OCH3 is 1. The number of nitrogens with two attached hydrogens (primary N) is 1. The van der Waals surface area contributed by atoms with Crippen molar-refractivity contribution in [1.82, 2.24) is 4.98 Å². The molecule has 0 aliphatic heterocycles. The van der Waals surface area contributed by atoms with Gasteiger partial charge >= 0.3 is 0 Å². The molecule has 3 aromatic rings. The summed E-state index contributed by atoms with van der Waals surface area (Å²) in [6.07, 6.45) is 0. The van der Waals surface area contributed by atoms with Crippen LogP contribution in [0.15, 0.2) is 36.4 Å². The van der Waals surface area contributed by atoms with E-state index in [4.69, 9.17) is 10.5 Å². The van der Waals surface area contributed by atoms with Crippen molar-refractivity contribution in [2.45, 2.75) is 0 Å². The first-order valence-corrected chi connectivity index (χ1v) is 6.49. The standard InChI is InChI=1S/C14H11FN2OS/c1-18-12-5-3-8(6-10(12)15)9-2-4-11-13(7-9)19-14(16)17-11/h2-7H,1H3,(H2,16,17). The topological polar surface area (TPSA) is 48.1 Å². The number of anilines is 1.